The minimum Gasteiger partial charge on any atom is -0.290 e. The number of carbonyl (C=O) groups is 2. The maximum atomic E-state index is 14.2. The fourth-order valence-electron chi connectivity index (χ4n) is 7.43. The number of rotatable bonds is 12. The van der Waals surface area contributed by atoms with Crippen molar-refractivity contribution < 1.29 is 26.4 Å². The molecule has 0 aromatic heterocycles. The van der Waals surface area contributed by atoms with Crippen LogP contribution in [0.15, 0.2) is 68.3 Å². The topological polar surface area (TPSA) is 140 Å². The van der Waals surface area contributed by atoms with Gasteiger partial charge in [0.1, 0.15) is 11.7 Å². The van der Waals surface area contributed by atoms with E-state index in [1.165, 1.54) is 24.3 Å². The Bertz CT molecular complexity index is 1790. The molecule has 2 atom stereocenters. The highest BCUT2D eigenvalue weighted by atomic mass is 32.2. The van der Waals surface area contributed by atoms with E-state index in [2.05, 4.69) is 9.80 Å². The number of amides is 2. The van der Waals surface area contributed by atoms with Gasteiger partial charge in [0, 0.05) is 39.3 Å². The van der Waals surface area contributed by atoms with Gasteiger partial charge in [0.15, 0.2) is 0 Å². The molecule has 0 saturated carbocycles. The van der Waals surface area contributed by atoms with Crippen LogP contribution in [0.2, 0.25) is 0 Å². The molecule has 3 aliphatic heterocycles. The highest BCUT2D eigenvalue weighted by Gasteiger charge is 2.61. The standard InChI is InChI=1S/C38H54N6O6S2/c1-9-11-21-39-33-31(37(5,6)35(45)43(33)51(47,48)29-17-13-27(3)14-18-29)41-23-25-42(26-24-41)32-34(40-22-12-10-2)44(36(46)38(32,7)8)52(49,50)30-19-15-28(4)16-20-30/h13-20,31-32H,9-12,21-26H2,1-8H3. The summed E-state index contributed by atoms with van der Waals surface area (Å²) in [6.45, 7) is 17.4. The number of hydrogen-bond donors (Lipinski definition) is 0. The van der Waals surface area contributed by atoms with Gasteiger partial charge in [-0.25, -0.2) is 16.8 Å². The summed E-state index contributed by atoms with van der Waals surface area (Å²) in [5, 5.41) is 0. The number of benzene rings is 2. The molecule has 2 aromatic carbocycles. The monoisotopic (exact) mass is 754 g/mol. The van der Waals surface area contributed by atoms with Gasteiger partial charge in [-0.3, -0.25) is 29.4 Å². The number of amidine groups is 2. The van der Waals surface area contributed by atoms with Crippen LogP contribution in [0.4, 0.5) is 0 Å². The Morgan fingerprint density at radius 2 is 0.904 bits per heavy atom. The lowest BCUT2D eigenvalue weighted by Gasteiger charge is -2.44. The van der Waals surface area contributed by atoms with E-state index < -0.39 is 54.8 Å². The fraction of sp³-hybridized carbons (Fsp3) is 0.579. The number of sulfonamides is 2. The molecule has 0 aliphatic carbocycles. The molecule has 2 aromatic rings. The van der Waals surface area contributed by atoms with Crippen molar-refractivity contribution in [2.75, 3.05) is 39.3 Å². The third-order valence-electron chi connectivity index (χ3n) is 10.5. The van der Waals surface area contributed by atoms with Crippen molar-refractivity contribution in [3.8, 4) is 0 Å². The second-order valence-electron chi connectivity index (χ2n) is 15.3. The average Bonchev–Trinajstić information content (AvgIpc) is 3.42. The van der Waals surface area contributed by atoms with Gasteiger partial charge in [0.2, 0.25) is 11.8 Å². The molecule has 0 N–H and O–H groups in total. The maximum absolute atomic E-state index is 14.2. The molecule has 3 saturated heterocycles. The Morgan fingerprint density at radius 3 is 1.19 bits per heavy atom. The van der Waals surface area contributed by atoms with Crippen LogP contribution in [0.25, 0.3) is 0 Å². The Hall–Kier alpha value is -3.46. The molecular formula is C38H54N6O6S2. The smallest absolute Gasteiger partial charge is 0.271 e. The lowest BCUT2D eigenvalue weighted by Crippen LogP contribution is -2.60. The molecule has 0 bridgehead atoms. The van der Waals surface area contributed by atoms with Gasteiger partial charge in [-0.1, -0.05) is 62.1 Å². The Kier molecular flexibility index (Phi) is 11.6. The molecule has 5 rings (SSSR count). The molecule has 0 radical (unpaired) electrons. The molecule has 52 heavy (non-hydrogen) atoms. The van der Waals surface area contributed by atoms with Crippen LogP contribution in [0.3, 0.4) is 0 Å². The van der Waals surface area contributed by atoms with Gasteiger partial charge in [0.05, 0.1) is 32.7 Å². The number of nitrogens with zero attached hydrogens (tertiary/aromatic N) is 6. The van der Waals surface area contributed by atoms with Gasteiger partial charge in [-0.2, -0.15) is 8.61 Å². The zero-order chi connectivity index (χ0) is 38.2. The van der Waals surface area contributed by atoms with Gasteiger partial charge < -0.3 is 0 Å². The predicted molar refractivity (Wildman–Crippen MR) is 203 cm³/mol. The van der Waals surface area contributed by atoms with Gasteiger partial charge in [0.25, 0.3) is 20.0 Å². The van der Waals surface area contributed by atoms with E-state index in [9.17, 15) is 26.4 Å². The number of aliphatic imine (C=N–C) groups is 2. The van der Waals surface area contributed by atoms with E-state index in [1.54, 1.807) is 52.0 Å². The van der Waals surface area contributed by atoms with Crippen molar-refractivity contribution in [2.45, 2.75) is 103 Å². The minimum atomic E-state index is -4.24. The first-order valence-electron chi connectivity index (χ1n) is 18.3. The lowest BCUT2D eigenvalue weighted by atomic mass is 9.83. The van der Waals surface area contributed by atoms with Crippen molar-refractivity contribution in [3.63, 3.8) is 0 Å². The molecule has 14 heteroatoms. The summed E-state index contributed by atoms with van der Waals surface area (Å²) < 4.78 is 58.3. The van der Waals surface area contributed by atoms with E-state index in [-0.39, 0.29) is 21.5 Å². The fourth-order valence-corrected chi connectivity index (χ4v) is 10.5. The van der Waals surface area contributed by atoms with Crippen molar-refractivity contribution in [2.24, 2.45) is 20.8 Å². The van der Waals surface area contributed by atoms with Crippen LogP contribution in [0, 0.1) is 24.7 Å². The number of aryl methyl sites for hydroxylation is 2. The average molecular weight is 755 g/mol. The van der Waals surface area contributed by atoms with Crippen LogP contribution >= 0.6 is 0 Å². The molecular weight excluding hydrogens is 701 g/mol. The van der Waals surface area contributed by atoms with E-state index >= 15 is 0 Å². The second-order valence-corrected chi connectivity index (χ2v) is 18.9. The Morgan fingerprint density at radius 1 is 0.596 bits per heavy atom. The van der Waals surface area contributed by atoms with Crippen molar-refractivity contribution >= 4 is 43.5 Å². The normalized spacial score (nSPS) is 24.5. The van der Waals surface area contributed by atoms with Gasteiger partial charge >= 0.3 is 0 Å². The molecule has 3 aliphatic rings. The van der Waals surface area contributed by atoms with Gasteiger partial charge in [-0.15, -0.1) is 0 Å². The zero-order valence-electron chi connectivity index (χ0n) is 31.8. The second kappa shape index (κ2) is 15.1. The molecule has 0 spiro atoms. The summed E-state index contributed by atoms with van der Waals surface area (Å²) in [6.07, 6.45) is 3.20. The summed E-state index contributed by atoms with van der Waals surface area (Å²) in [5.41, 5.74) is -0.416. The summed E-state index contributed by atoms with van der Waals surface area (Å²) in [5.74, 6) is -0.599. The van der Waals surface area contributed by atoms with Gasteiger partial charge in [-0.05, 0) is 78.6 Å². The van der Waals surface area contributed by atoms with Crippen LogP contribution < -0.4 is 0 Å². The van der Waals surface area contributed by atoms with E-state index in [0.717, 1.165) is 45.4 Å². The number of piperazine rings is 1. The minimum absolute atomic E-state index is 0.0316. The SMILES string of the molecule is CCCCN=C1C(N2CCN(C3C(=NCCCC)N(S(=O)(=O)c4ccc(C)cc4)C(=O)C3(C)C)CC2)C(C)(C)C(=O)N1S(=O)(=O)c1ccc(C)cc1. The molecule has 3 heterocycles. The highest BCUT2D eigenvalue weighted by Crippen LogP contribution is 2.43. The first-order valence-corrected chi connectivity index (χ1v) is 21.2. The maximum Gasteiger partial charge on any atom is 0.271 e. The first kappa shape index (κ1) is 39.7. The molecule has 12 nitrogen and oxygen atoms in total. The van der Waals surface area contributed by atoms with Crippen molar-refractivity contribution in [1.82, 2.24) is 18.4 Å². The van der Waals surface area contributed by atoms with E-state index in [0.29, 0.717) is 39.3 Å². The zero-order valence-corrected chi connectivity index (χ0v) is 33.4. The van der Waals surface area contributed by atoms with Crippen LogP contribution in [-0.4, -0.2) is 110 Å². The van der Waals surface area contributed by atoms with Crippen molar-refractivity contribution in [1.29, 1.82) is 0 Å². The van der Waals surface area contributed by atoms with Crippen LogP contribution in [0.1, 0.15) is 78.4 Å². The first-order chi connectivity index (χ1) is 24.4. The molecule has 284 valence electrons. The van der Waals surface area contributed by atoms with Crippen LogP contribution in [-0.2, 0) is 29.6 Å². The highest BCUT2D eigenvalue weighted by molar-refractivity contribution is 7.90. The van der Waals surface area contributed by atoms with E-state index in [4.69, 9.17) is 9.98 Å². The predicted octanol–water partition coefficient (Wildman–Crippen LogP) is 4.87. The summed E-state index contributed by atoms with van der Waals surface area (Å²) >= 11 is 0. The van der Waals surface area contributed by atoms with Crippen LogP contribution in [0.5, 0.6) is 0 Å². The summed E-state index contributed by atoms with van der Waals surface area (Å²) in [4.78, 5) is 42.2. The van der Waals surface area contributed by atoms with Crippen molar-refractivity contribution in [3.05, 3.63) is 59.7 Å². The summed E-state index contributed by atoms with van der Waals surface area (Å²) in [7, 11) is -8.49. The third-order valence-corrected chi connectivity index (χ3v) is 13.9. The number of unbranched alkanes of at least 4 members (excludes halogenated alkanes) is 2. The quantitative estimate of drug-likeness (QED) is 0.280. The molecule has 2 amide bonds. The number of carbonyl (C=O) groups excluding carboxylic acids is 2. The molecule has 3 fully saturated rings. The Labute approximate surface area is 310 Å². The van der Waals surface area contributed by atoms with E-state index in [1.807, 2.05) is 27.7 Å². The Balaban J connectivity index is 1.48. The lowest BCUT2D eigenvalue weighted by molar-refractivity contribution is -0.133. The largest absolute Gasteiger partial charge is 0.290 e. The third kappa shape index (κ3) is 7.11. The number of hydrogen-bond acceptors (Lipinski definition) is 10. The summed E-state index contributed by atoms with van der Waals surface area (Å²) in [6, 6.07) is 11.7. The molecule has 2 unspecified atom stereocenters.